The highest BCUT2D eigenvalue weighted by Crippen LogP contribution is 2.30. The maximum atomic E-state index is 11.8. The summed E-state index contributed by atoms with van der Waals surface area (Å²) >= 11 is 0. The Morgan fingerprint density at radius 1 is 1.40 bits per heavy atom. The zero-order valence-electron chi connectivity index (χ0n) is 12.1. The number of nitrogens with one attached hydrogen (secondary N) is 1. The third kappa shape index (κ3) is 3.63. The topological polar surface area (TPSA) is 50.8 Å². The van der Waals surface area contributed by atoms with Crippen LogP contribution in [0.4, 0.5) is 11.4 Å². The number of rotatable bonds is 5. The molecule has 0 aromatic heterocycles. The van der Waals surface area contributed by atoms with Crippen LogP contribution in [0.1, 0.15) is 19.8 Å². The largest absolute Gasteiger partial charge is 0.495 e. The second kappa shape index (κ2) is 7.14. The van der Waals surface area contributed by atoms with Crippen LogP contribution in [0.3, 0.4) is 0 Å². The molecule has 0 aliphatic carbocycles. The number of carbonyl (C=O) groups is 1. The molecule has 0 radical (unpaired) electrons. The van der Waals surface area contributed by atoms with E-state index in [1.54, 1.807) is 7.11 Å². The van der Waals surface area contributed by atoms with Gasteiger partial charge in [0.05, 0.1) is 26.0 Å². The lowest BCUT2D eigenvalue weighted by atomic mass is 10.2. The van der Waals surface area contributed by atoms with Crippen LogP contribution in [-0.2, 0) is 9.53 Å². The summed E-state index contributed by atoms with van der Waals surface area (Å²) in [5.41, 5.74) is 1.82. The van der Waals surface area contributed by atoms with Crippen LogP contribution in [0.15, 0.2) is 18.2 Å². The van der Waals surface area contributed by atoms with E-state index in [4.69, 9.17) is 9.47 Å². The van der Waals surface area contributed by atoms with E-state index in [1.165, 1.54) is 0 Å². The number of benzene rings is 1. The SMILES string of the molecule is CCCC(=O)Nc1cc(N2CCOCC2)ccc1OC. The molecule has 20 heavy (non-hydrogen) atoms. The highest BCUT2D eigenvalue weighted by Gasteiger charge is 2.14. The first kappa shape index (κ1) is 14.7. The van der Waals surface area contributed by atoms with Crippen LogP contribution >= 0.6 is 0 Å². The van der Waals surface area contributed by atoms with Crippen molar-refractivity contribution in [2.75, 3.05) is 43.6 Å². The van der Waals surface area contributed by atoms with Gasteiger partial charge in [0.2, 0.25) is 5.91 Å². The molecular formula is C15H22N2O3. The van der Waals surface area contributed by atoms with Gasteiger partial charge in [-0.25, -0.2) is 0 Å². The lowest BCUT2D eigenvalue weighted by Crippen LogP contribution is -2.36. The van der Waals surface area contributed by atoms with E-state index in [1.807, 2.05) is 25.1 Å². The quantitative estimate of drug-likeness (QED) is 0.897. The van der Waals surface area contributed by atoms with Gasteiger partial charge in [0.1, 0.15) is 5.75 Å². The zero-order valence-corrected chi connectivity index (χ0v) is 12.1. The molecule has 5 heteroatoms. The van der Waals surface area contributed by atoms with Gasteiger partial charge in [-0.2, -0.15) is 0 Å². The van der Waals surface area contributed by atoms with Gasteiger partial charge in [-0.05, 0) is 24.6 Å². The van der Waals surface area contributed by atoms with E-state index in [-0.39, 0.29) is 5.91 Å². The smallest absolute Gasteiger partial charge is 0.224 e. The molecule has 0 spiro atoms. The van der Waals surface area contributed by atoms with E-state index < -0.39 is 0 Å². The maximum Gasteiger partial charge on any atom is 0.224 e. The normalized spacial score (nSPS) is 15.0. The molecule has 1 aliphatic heterocycles. The van der Waals surface area contributed by atoms with Crippen LogP contribution in [0, 0.1) is 0 Å². The van der Waals surface area contributed by atoms with Crippen molar-refractivity contribution in [3.63, 3.8) is 0 Å². The molecule has 0 unspecified atom stereocenters. The Balaban J connectivity index is 2.16. The summed E-state index contributed by atoms with van der Waals surface area (Å²) in [4.78, 5) is 14.0. The zero-order chi connectivity index (χ0) is 14.4. The van der Waals surface area contributed by atoms with Crippen LogP contribution in [0.2, 0.25) is 0 Å². The Hall–Kier alpha value is -1.75. The average Bonchev–Trinajstić information content (AvgIpc) is 2.48. The highest BCUT2D eigenvalue weighted by atomic mass is 16.5. The van der Waals surface area contributed by atoms with Crippen molar-refractivity contribution in [3.05, 3.63) is 18.2 Å². The van der Waals surface area contributed by atoms with Gasteiger partial charge >= 0.3 is 0 Å². The summed E-state index contributed by atoms with van der Waals surface area (Å²) in [7, 11) is 1.61. The Kier molecular flexibility index (Phi) is 5.24. The number of hydrogen-bond acceptors (Lipinski definition) is 4. The number of amides is 1. The lowest BCUT2D eigenvalue weighted by molar-refractivity contribution is -0.116. The first-order valence-electron chi connectivity index (χ1n) is 7.05. The van der Waals surface area contributed by atoms with Crippen molar-refractivity contribution in [2.45, 2.75) is 19.8 Å². The summed E-state index contributed by atoms with van der Waals surface area (Å²) < 4.78 is 10.7. The van der Waals surface area contributed by atoms with Crippen molar-refractivity contribution in [3.8, 4) is 5.75 Å². The summed E-state index contributed by atoms with van der Waals surface area (Å²) in [6.07, 6.45) is 1.35. The van der Waals surface area contributed by atoms with Crippen molar-refractivity contribution in [2.24, 2.45) is 0 Å². The maximum absolute atomic E-state index is 11.8. The number of hydrogen-bond donors (Lipinski definition) is 1. The van der Waals surface area contributed by atoms with Crippen molar-refractivity contribution in [1.29, 1.82) is 0 Å². The van der Waals surface area contributed by atoms with Gasteiger partial charge in [-0.1, -0.05) is 6.92 Å². The van der Waals surface area contributed by atoms with Crippen molar-refractivity contribution >= 4 is 17.3 Å². The van der Waals surface area contributed by atoms with Gasteiger partial charge in [-0.15, -0.1) is 0 Å². The van der Waals surface area contributed by atoms with Gasteiger partial charge in [0.15, 0.2) is 0 Å². The van der Waals surface area contributed by atoms with Crippen LogP contribution in [-0.4, -0.2) is 39.3 Å². The van der Waals surface area contributed by atoms with E-state index in [9.17, 15) is 4.79 Å². The third-order valence-electron chi connectivity index (χ3n) is 3.31. The number of anilines is 2. The van der Waals surface area contributed by atoms with Gasteiger partial charge in [0, 0.05) is 25.2 Å². The summed E-state index contributed by atoms with van der Waals surface area (Å²) in [6.45, 7) is 5.21. The molecule has 1 saturated heterocycles. The van der Waals surface area contributed by atoms with Gasteiger partial charge in [-0.3, -0.25) is 4.79 Å². The standard InChI is InChI=1S/C15H22N2O3/c1-3-4-15(18)16-13-11-12(5-6-14(13)19-2)17-7-9-20-10-8-17/h5-6,11H,3-4,7-10H2,1-2H3,(H,16,18). The minimum Gasteiger partial charge on any atom is -0.495 e. The molecule has 0 bridgehead atoms. The fraction of sp³-hybridized carbons (Fsp3) is 0.533. The second-order valence-electron chi connectivity index (χ2n) is 4.78. The molecule has 2 rings (SSSR count). The molecular weight excluding hydrogens is 256 g/mol. The van der Waals surface area contributed by atoms with E-state index in [0.717, 1.165) is 44.1 Å². The number of nitrogens with zero attached hydrogens (tertiary/aromatic N) is 1. The average molecular weight is 278 g/mol. The molecule has 1 amide bonds. The Morgan fingerprint density at radius 2 is 2.15 bits per heavy atom. The van der Waals surface area contributed by atoms with Gasteiger partial charge in [0.25, 0.3) is 0 Å². The molecule has 1 heterocycles. The molecule has 0 saturated carbocycles. The monoisotopic (exact) mass is 278 g/mol. The molecule has 1 N–H and O–H groups in total. The predicted octanol–water partition coefficient (Wildman–Crippen LogP) is 2.27. The molecule has 0 atom stereocenters. The summed E-state index contributed by atoms with van der Waals surface area (Å²) in [5.74, 6) is 0.705. The highest BCUT2D eigenvalue weighted by molar-refractivity contribution is 5.93. The molecule has 1 aromatic carbocycles. The molecule has 5 nitrogen and oxygen atoms in total. The Morgan fingerprint density at radius 3 is 2.80 bits per heavy atom. The number of ether oxygens (including phenoxy) is 2. The molecule has 1 aromatic rings. The van der Waals surface area contributed by atoms with Gasteiger partial charge < -0.3 is 19.7 Å². The minimum atomic E-state index is 0.0185. The van der Waals surface area contributed by atoms with E-state index >= 15 is 0 Å². The fourth-order valence-corrected chi connectivity index (χ4v) is 2.25. The minimum absolute atomic E-state index is 0.0185. The predicted molar refractivity (Wildman–Crippen MR) is 79.6 cm³/mol. The first-order valence-corrected chi connectivity index (χ1v) is 7.05. The number of morpholine rings is 1. The molecule has 1 fully saturated rings. The van der Waals surface area contributed by atoms with Crippen molar-refractivity contribution in [1.82, 2.24) is 0 Å². The number of carbonyl (C=O) groups excluding carboxylic acids is 1. The lowest BCUT2D eigenvalue weighted by Gasteiger charge is -2.29. The summed E-state index contributed by atoms with van der Waals surface area (Å²) in [5, 5.41) is 2.92. The van der Waals surface area contributed by atoms with Crippen molar-refractivity contribution < 1.29 is 14.3 Å². The molecule has 1 aliphatic rings. The first-order chi connectivity index (χ1) is 9.74. The third-order valence-corrected chi connectivity index (χ3v) is 3.31. The van der Waals surface area contributed by atoms with E-state index in [2.05, 4.69) is 10.2 Å². The number of methoxy groups -OCH3 is 1. The van der Waals surface area contributed by atoms with Crippen LogP contribution < -0.4 is 15.0 Å². The Bertz CT molecular complexity index is 456. The summed E-state index contributed by atoms with van der Waals surface area (Å²) in [6, 6.07) is 5.88. The Labute approximate surface area is 119 Å². The van der Waals surface area contributed by atoms with Crippen LogP contribution in [0.25, 0.3) is 0 Å². The molecule has 110 valence electrons. The van der Waals surface area contributed by atoms with Crippen LogP contribution in [0.5, 0.6) is 5.75 Å². The fourth-order valence-electron chi connectivity index (χ4n) is 2.25. The van der Waals surface area contributed by atoms with E-state index in [0.29, 0.717) is 12.2 Å². The second-order valence-corrected chi connectivity index (χ2v) is 4.78.